The molecule has 0 unspecified atom stereocenters. The summed E-state index contributed by atoms with van der Waals surface area (Å²) in [5.41, 5.74) is 2.00. The third kappa shape index (κ3) is 4.73. The zero-order valence-corrected chi connectivity index (χ0v) is 16.1. The van der Waals surface area contributed by atoms with Crippen LogP contribution in [0.2, 0.25) is 0 Å². The maximum absolute atomic E-state index is 12.1. The number of likely N-dealkylation sites (tertiary alicyclic amines) is 1. The number of piperidine rings is 1. The number of aromatic nitrogens is 2. The molecule has 0 radical (unpaired) electrons. The first kappa shape index (κ1) is 19.5. The van der Waals surface area contributed by atoms with Crippen LogP contribution < -0.4 is 10.1 Å². The van der Waals surface area contributed by atoms with Crippen LogP contribution in [0.1, 0.15) is 38.3 Å². The minimum atomic E-state index is -0.145. The number of nitrogens with one attached hydrogen (secondary N) is 1. The van der Waals surface area contributed by atoms with Crippen LogP contribution in [0.4, 0.5) is 5.69 Å². The number of amides is 2. The Hall–Kier alpha value is -3.22. The maximum Gasteiger partial charge on any atom is 0.248 e. The summed E-state index contributed by atoms with van der Waals surface area (Å²) in [5.74, 6) is 1.05. The molecule has 28 heavy (non-hydrogen) atoms. The fourth-order valence-electron chi connectivity index (χ4n) is 3.27. The highest BCUT2D eigenvalue weighted by Gasteiger charge is 2.27. The minimum Gasteiger partial charge on any atom is -0.437 e. The molecule has 2 aromatic rings. The van der Waals surface area contributed by atoms with Gasteiger partial charge in [0.2, 0.25) is 17.7 Å². The quantitative estimate of drug-likeness (QED) is 0.803. The monoisotopic (exact) mass is 380 g/mol. The second-order valence-corrected chi connectivity index (χ2v) is 6.90. The SMILES string of the molecule is C=C(C)C(=O)N1CCC(c2nccnc2Oc2cccc(NC(C)=O)c2)CC1. The van der Waals surface area contributed by atoms with Crippen LogP contribution in [0.25, 0.3) is 0 Å². The Kier molecular flexibility index (Phi) is 6.03. The second-order valence-electron chi connectivity index (χ2n) is 6.90. The summed E-state index contributed by atoms with van der Waals surface area (Å²) in [6.45, 7) is 8.24. The summed E-state index contributed by atoms with van der Waals surface area (Å²) < 4.78 is 5.98. The Morgan fingerprint density at radius 1 is 1.18 bits per heavy atom. The van der Waals surface area contributed by atoms with Gasteiger partial charge in [0.05, 0.1) is 0 Å². The predicted octanol–water partition coefficient (Wildman–Crippen LogP) is 3.51. The molecule has 2 amide bonds. The number of nitrogens with zero attached hydrogens (tertiary/aromatic N) is 3. The average Bonchev–Trinajstić information content (AvgIpc) is 2.68. The molecule has 146 valence electrons. The van der Waals surface area contributed by atoms with Crippen molar-refractivity contribution in [2.24, 2.45) is 0 Å². The van der Waals surface area contributed by atoms with E-state index in [1.807, 2.05) is 4.90 Å². The van der Waals surface area contributed by atoms with E-state index in [4.69, 9.17) is 4.74 Å². The molecular formula is C21H24N4O3. The number of carbonyl (C=O) groups excluding carboxylic acids is 2. The van der Waals surface area contributed by atoms with Gasteiger partial charge >= 0.3 is 0 Å². The molecule has 0 spiro atoms. The Labute approximate surface area is 164 Å². The molecule has 1 aromatic carbocycles. The molecule has 7 heteroatoms. The van der Waals surface area contributed by atoms with Crippen molar-refractivity contribution >= 4 is 17.5 Å². The average molecular weight is 380 g/mol. The zero-order chi connectivity index (χ0) is 20.1. The van der Waals surface area contributed by atoms with Crippen LogP contribution in [0.3, 0.4) is 0 Å². The Morgan fingerprint density at radius 2 is 1.89 bits per heavy atom. The van der Waals surface area contributed by atoms with Crippen LogP contribution in [-0.2, 0) is 9.59 Å². The molecule has 1 saturated heterocycles. The van der Waals surface area contributed by atoms with Crippen molar-refractivity contribution in [2.75, 3.05) is 18.4 Å². The first-order valence-corrected chi connectivity index (χ1v) is 9.25. The topological polar surface area (TPSA) is 84.4 Å². The van der Waals surface area contributed by atoms with E-state index in [0.29, 0.717) is 36.0 Å². The van der Waals surface area contributed by atoms with E-state index >= 15 is 0 Å². The van der Waals surface area contributed by atoms with Crippen molar-refractivity contribution in [1.29, 1.82) is 0 Å². The van der Waals surface area contributed by atoms with Crippen LogP contribution >= 0.6 is 0 Å². The third-order valence-electron chi connectivity index (χ3n) is 4.59. The van der Waals surface area contributed by atoms with Crippen LogP contribution in [-0.4, -0.2) is 39.8 Å². The second kappa shape index (κ2) is 8.65. The first-order chi connectivity index (χ1) is 13.4. The summed E-state index contributed by atoms with van der Waals surface area (Å²) in [5, 5.41) is 2.73. The van der Waals surface area contributed by atoms with Gasteiger partial charge in [0.15, 0.2) is 0 Å². The molecular weight excluding hydrogens is 356 g/mol. The molecule has 1 aromatic heterocycles. The maximum atomic E-state index is 12.1. The summed E-state index contributed by atoms with van der Waals surface area (Å²) in [4.78, 5) is 34.0. The molecule has 7 nitrogen and oxygen atoms in total. The number of carbonyl (C=O) groups is 2. The number of hydrogen-bond acceptors (Lipinski definition) is 5. The van der Waals surface area contributed by atoms with E-state index in [-0.39, 0.29) is 17.7 Å². The van der Waals surface area contributed by atoms with Crippen molar-refractivity contribution in [3.8, 4) is 11.6 Å². The van der Waals surface area contributed by atoms with Gasteiger partial charge in [-0.05, 0) is 31.9 Å². The fraction of sp³-hybridized carbons (Fsp3) is 0.333. The van der Waals surface area contributed by atoms with Gasteiger partial charge in [-0.15, -0.1) is 0 Å². The molecule has 0 aliphatic carbocycles. The number of ether oxygens (including phenoxy) is 1. The summed E-state index contributed by atoms with van der Waals surface area (Å²) in [6.07, 6.45) is 4.83. The van der Waals surface area contributed by atoms with Crippen molar-refractivity contribution in [1.82, 2.24) is 14.9 Å². The predicted molar refractivity (Wildman–Crippen MR) is 106 cm³/mol. The van der Waals surface area contributed by atoms with E-state index in [1.165, 1.54) is 6.92 Å². The number of rotatable bonds is 5. The summed E-state index contributed by atoms with van der Waals surface area (Å²) >= 11 is 0. The van der Waals surface area contributed by atoms with Gasteiger partial charge in [-0.1, -0.05) is 12.6 Å². The van der Waals surface area contributed by atoms with Crippen molar-refractivity contribution in [3.63, 3.8) is 0 Å². The lowest BCUT2D eigenvalue weighted by atomic mass is 9.93. The van der Waals surface area contributed by atoms with E-state index in [2.05, 4.69) is 21.9 Å². The number of hydrogen-bond donors (Lipinski definition) is 1. The van der Waals surface area contributed by atoms with Gasteiger partial charge in [0.1, 0.15) is 11.4 Å². The number of anilines is 1. The Balaban J connectivity index is 1.73. The van der Waals surface area contributed by atoms with E-state index in [9.17, 15) is 9.59 Å². The lowest BCUT2D eigenvalue weighted by Crippen LogP contribution is -2.38. The van der Waals surface area contributed by atoms with E-state index in [0.717, 1.165) is 18.5 Å². The lowest BCUT2D eigenvalue weighted by Gasteiger charge is -2.32. The molecule has 0 atom stereocenters. The largest absolute Gasteiger partial charge is 0.437 e. The number of benzene rings is 1. The Bertz CT molecular complexity index is 889. The van der Waals surface area contributed by atoms with E-state index < -0.39 is 0 Å². The fourth-order valence-corrected chi connectivity index (χ4v) is 3.27. The highest BCUT2D eigenvalue weighted by atomic mass is 16.5. The zero-order valence-electron chi connectivity index (χ0n) is 16.1. The molecule has 0 saturated carbocycles. The van der Waals surface area contributed by atoms with Gasteiger partial charge < -0.3 is 15.0 Å². The van der Waals surface area contributed by atoms with Gasteiger partial charge in [0, 0.05) is 55.7 Å². The Morgan fingerprint density at radius 3 is 2.57 bits per heavy atom. The van der Waals surface area contributed by atoms with Gasteiger partial charge in [-0.3, -0.25) is 14.6 Å². The third-order valence-corrected chi connectivity index (χ3v) is 4.59. The first-order valence-electron chi connectivity index (χ1n) is 9.25. The van der Waals surface area contributed by atoms with E-state index in [1.54, 1.807) is 43.6 Å². The van der Waals surface area contributed by atoms with Gasteiger partial charge in [0.25, 0.3) is 0 Å². The van der Waals surface area contributed by atoms with Gasteiger partial charge in [-0.25, -0.2) is 4.98 Å². The molecule has 1 aliphatic rings. The summed E-state index contributed by atoms with van der Waals surface area (Å²) in [6, 6.07) is 7.14. The normalized spacial score (nSPS) is 14.4. The molecule has 2 heterocycles. The summed E-state index contributed by atoms with van der Waals surface area (Å²) in [7, 11) is 0. The molecule has 3 rings (SSSR count). The van der Waals surface area contributed by atoms with Crippen molar-refractivity contribution in [2.45, 2.75) is 32.6 Å². The molecule has 1 N–H and O–H groups in total. The molecule has 1 aliphatic heterocycles. The standard InChI is InChI=1S/C21H24N4O3/c1-14(2)21(27)25-11-7-16(8-12-25)19-20(23-10-9-22-19)28-18-6-4-5-17(13-18)24-15(3)26/h4-6,9-10,13,16H,1,7-8,11-12H2,2-3H3,(H,24,26). The van der Waals surface area contributed by atoms with Crippen LogP contribution in [0.15, 0.2) is 48.8 Å². The minimum absolute atomic E-state index is 0.00357. The molecule has 1 fully saturated rings. The lowest BCUT2D eigenvalue weighted by molar-refractivity contribution is -0.128. The van der Waals surface area contributed by atoms with Crippen LogP contribution in [0.5, 0.6) is 11.6 Å². The van der Waals surface area contributed by atoms with Gasteiger partial charge in [-0.2, -0.15) is 0 Å². The molecule has 0 bridgehead atoms. The van der Waals surface area contributed by atoms with Crippen molar-refractivity contribution in [3.05, 3.63) is 54.5 Å². The van der Waals surface area contributed by atoms with Crippen LogP contribution in [0, 0.1) is 0 Å². The highest BCUT2D eigenvalue weighted by Crippen LogP contribution is 2.34. The highest BCUT2D eigenvalue weighted by molar-refractivity contribution is 5.92. The van der Waals surface area contributed by atoms with Crippen molar-refractivity contribution < 1.29 is 14.3 Å². The smallest absolute Gasteiger partial charge is 0.248 e.